The summed E-state index contributed by atoms with van der Waals surface area (Å²) < 4.78 is 5.46. The summed E-state index contributed by atoms with van der Waals surface area (Å²) in [5.74, 6) is 1.62. The molecule has 0 aliphatic carbocycles. The highest BCUT2D eigenvalue weighted by Crippen LogP contribution is 2.19. The second-order valence-electron chi connectivity index (χ2n) is 6.09. The average Bonchev–Trinajstić information content (AvgIpc) is 2.68. The van der Waals surface area contributed by atoms with Crippen LogP contribution in [0.3, 0.4) is 0 Å². The van der Waals surface area contributed by atoms with E-state index in [0.717, 1.165) is 33.7 Å². The monoisotopic (exact) mass is 476 g/mol. The Bertz CT molecular complexity index is 922. The smallest absolute Gasteiger partial charge is 0.191 e. The minimum Gasteiger partial charge on any atom is -0.496 e. The first kappa shape index (κ1) is 21.0. The number of hydrogen-bond acceptors (Lipinski definition) is 3. The maximum absolute atomic E-state index is 5.46. The van der Waals surface area contributed by atoms with Gasteiger partial charge in [-0.15, -0.1) is 24.0 Å². The predicted molar refractivity (Wildman–Crippen MR) is 122 cm³/mol. The zero-order valence-electron chi connectivity index (χ0n) is 15.8. The molecule has 1 aromatic heterocycles. The Morgan fingerprint density at radius 2 is 1.78 bits per heavy atom. The molecule has 2 aromatic carbocycles. The van der Waals surface area contributed by atoms with Gasteiger partial charge < -0.3 is 15.4 Å². The molecule has 3 aromatic rings. The number of ether oxygens (including phenoxy) is 1. The Hall–Kier alpha value is -2.35. The fourth-order valence-electron chi connectivity index (χ4n) is 2.89. The largest absolute Gasteiger partial charge is 0.496 e. The van der Waals surface area contributed by atoms with Crippen LogP contribution in [0.25, 0.3) is 10.9 Å². The Kier molecular flexibility index (Phi) is 7.84. The van der Waals surface area contributed by atoms with E-state index < -0.39 is 0 Å². The first-order valence-electron chi connectivity index (χ1n) is 8.62. The van der Waals surface area contributed by atoms with Gasteiger partial charge in [0.25, 0.3) is 0 Å². The van der Waals surface area contributed by atoms with Crippen LogP contribution in [0.1, 0.15) is 16.7 Å². The van der Waals surface area contributed by atoms with E-state index in [0.29, 0.717) is 13.1 Å². The number of halogens is 1. The number of aliphatic imine (C=N–C) groups is 1. The summed E-state index contributed by atoms with van der Waals surface area (Å²) in [5, 5.41) is 7.83. The molecular formula is C21H25IN4O. The second kappa shape index (κ2) is 10.1. The molecule has 1 heterocycles. The maximum Gasteiger partial charge on any atom is 0.191 e. The first-order chi connectivity index (χ1) is 12.7. The number of aromatic nitrogens is 1. The Morgan fingerprint density at radius 1 is 1.04 bits per heavy atom. The third-order valence-corrected chi connectivity index (χ3v) is 4.28. The Morgan fingerprint density at radius 3 is 2.52 bits per heavy atom. The summed E-state index contributed by atoms with van der Waals surface area (Å²) in [6, 6.07) is 16.4. The van der Waals surface area contributed by atoms with Gasteiger partial charge in [0.15, 0.2) is 5.96 Å². The van der Waals surface area contributed by atoms with Crippen LogP contribution in [-0.4, -0.2) is 25.1 Å². The molecule has 27 heavy (non-hydrogen) atoms. The Balaban J connectivity index is 0.00000261. The van der Waals surface area contributed by atoms with Gasteiger partial charge in [0.1, 0.15) is 5.75 Å². The van der Waals surface area contributed by atoms with Gasteiger partial charge >= 0.3 is 0 Å². The zero-order valence-corrected chi connectivity index (χ0v) is 18.2. The number of methoxy groups -OCH3 is 1. The van der Waals surface area contributed by atoms with Crippen LogP contribution in [0.5, 0.6) is 5.75 Å². The lowest BCUT2D eigenvalue weighted by Crippen LogP contribution is -2.36. The van der Waals surface area contributed by atoms with Gasteiger partial charge in [-0.25, -0.2) is 0 Å². The number of nitrogens with one attached hydrogen (secondary N) is 2. The van der Waals surface area contributed by atoms with Crippen LogP contribution in [0.2, 0.25) is 0 Å². The number of fused-ring (bicyclic) bond motifs is 1. The van der Waals surface area contributed by atoms with Gasteiger partial charge in [-0.1, -0.05) is 36.4 Å². The summed E-state index contributed by atoms with van der Waals surface area (Å²) >= 11 is 0. The van der Waals surface area contributed by atoms with E-state index in [-0.39, 0.29) is 24.0 Å². The third kappa shape index (κ3) is 5.32. The first-order valence-corrected chi connectivity index (χ1v) is 8.62. The third-order valence-electron chi connectivity index (χ3n) is 4.28. The summed E-state index contributed by atoms with van der Waals surface area (Å²) in [5.41, 5.74) is 4.42. The van der Waals surface area contributed by atoms with Gasteiger partial charge in [0.2, 0.25) is 0 Å². The standard InChI is InChI=1S/C21H24N4O.HI/c1-15-9-10-17(19(12-15)26-3)13-24-21(22-2)25-14-18-7-4-6-16-8-5-11-23-20(16)18;/h4-12H,13-14H2,1-3H3,(H2,22,24,25);1H. The van der Waals surface area contributed by atoms with E-state index in [1.54, 1.807) is 14.2 Å². The van der Waals surface area contributed by atoms with E-state index >= 15 is 0 Å². The molecule has 0 saturated carbocycles. The maximum atomic E-state index is 5.46. The van der Waals surface area contributed by atoms with Crippen LogP contribution >= 0.6 is 24.0 Å². The quantitative estimate of drug-likeness (QED) is 0.332. The molecule has 0 bridgehead atoms. The summed E-state index contributed by atoms with van der Waals surface area (Å²) in [7, 11) is 3.46. The topological polar surface area (TPSA) is 58.5 Å². The number of nitrogens with zero attached hydrogens (tertiary/aromatic N) is 2. The lowest BCUT2D eigenvalue weighted by atomic mass is 10.1. The van der Waals surface area contributed by atoms with Crippen LogP contribution in [-0.2, 0) is 13.1 Å². The molecule has 6 heteroatoms. The molecule has 0 fully saturated rings. The predicted octanol–water partition coefficient (Wildman–Crippen LogP) is 4.04. The normalized spacial score (nSPS) is 11.0. The number of pyridine rings is 1. The van der Waals surface area contributed by atoms with E-state index in [2.05, 4.69) is 57.9 Å². The van der Waals surface area contributed by atoms with Gasteiger partial charge in [-0.3, -0.25) is 9.98 Å². The highest BCUT2D eigenvalue weighted by Gasteiger charge is 2.06. The number of guanidine groups is 1. The van der Waals surface area contributed by atoms with Crippen molar-refractivity contribution in [3.05, 3.63) is 71.4 Å². The molecule has 0 atom stereocenters. The van der Waals surface area contributed by atoms with Crippen molar-refractivity contribution in [2.45, 2.75) is 20.0 Å². The van der Waals surface area contributed by atoms with Crippen molar-refractivity contribution in [1.29, 1.82) is 0 Å². The number of benzene rings is 2. The van der Waals surface area contributed by atoms with Crippen LogP contribution in [0, 0.1) is 6.92 Å². The van der Waals surface area contributed by atoms with Crippen LogP contribution in [0.4, 0.5) is 0 Å². The van der Waals surface area contributed by atoms with Gasteiger partial charge in [0, 0.05) is 37.3 Å². The fraction of sp³-hybridized carbons (Fsp3) is 0.238. The Labute approximate surface area is 177 Å². The van der Waals surface area contributed by atoms with Gasteiger partial charge in [0.05, 0.1) is 12.6 Å². The van der Waals surface area contributed by atoms with Gasteiger partial charge in [-0.05, 0) is 30.2 Å². The lowest BCUT2D eigenvalue weighted by molar-refractivity contribution is 0.408. The number of aryl methyl sites for hydroxylation is 1. The molecule has 0 aliphatic rings. The highest BCUT2D eigenvalue weighted by atomic mass is 127. The molecular weight excluding hydrogens is 451 g/mol. The number of hydrogen-bond donors (Lipinski definition) is 2. The average molecular weight is 476 g/mol. The van der Waals surface area contributed by atoms with Crippen molar-refractivity contribution in [2.75, 3.05) is 14.2 Å². The molecule has 0 amide bonds. The van der Waals surface area contributed by atoms with Crippen molar-refractivity contribution in [3.8, 4) is 5.75 Å². The van der Waals surface area contributed by atoms with Crippen molar-refractivity contribution in [3.63, 3.8) is 0 Å². The summed E-state index contributed by atoms with van der Waals surface area (Å²) in [6.07, 6.45) is 1.82. The number of rotatable bonds is 5. The van der Waals surface area contributed by atoms with E-state index in [4.69, 9.17) is 4.74 Å². The van der Waals surface area contributed by atoms with Crippen molar-refractivity contribution >= 4 is 40.8 Å². The molecule has 0 saturated heterocycles. The zero-order chi connectivity index (χ0) is 18.4. The summed E-state index contributed by atoms with van der Waals surface area (Å²) in [4.78, 5) is 8.80. The van der Waals surface area contributed by atoms with Crippen molar-refractivity contribution in [2.24, 2.45) is 4.99 Å². The molecule has 0 aliphatic heterocycles. The SMILES string of the molecule is CN=C(NCc1ccc(C)cc1OC)NCc1cccc2cccnc12.I. The summed E-state index contributed by atoms with van der Waals surface area (Å²) in [6.45, 7) is 3.34. The van der Waals surface area contributed by atoms with Crippen molar-refractivity contribution in [1.82, 2.24) is 15.6 Å². The van der Waals surface area contributed by atoms with Crippen LogP contribution < -0.4 is 15.4 Å². The number of para-hydroxylation sites is 1. The second-order valence-corrected chi connectivity index (χ2v) is 6.09. The molecule has 0 unspecified atom stereocenters. The van der Waals surface area contributed by atoms with E-state index in [9.17, 15) is 0 Å². The minimum absolute atomic E-state index is 0. The van der Waals surface area contributed by atoms with E-state index in [1.165, 1.54) is 5.56 Å². The highest BCUT2D eigenvalue weighted by molar-refractivity contribution is 14.0. The molecule has 0 spiro atoms. The van der Waals surface area contributed by atoms with Crippen molar-refractivity contribution < 1.29 is 4.74 Å². The lowest BCUT2D eigenvalue weighted by Gasteiger charge is -2.15. The minimum atomic E-state index is 0. The molecule has 142 valence electrons. The molecule has 3 rings (SSSR count). The van der Waals surface area contributed by atoms with Crippen LogP contribution in [0.15, 0.2) is 59.7 Å². The van der Waals surface area contributed by atoms with E-state index in [1.807, 2.05) is 24.4 Å². The molecule has 2 N–H and O–H groups in total. The molecule has 5 nitrogen and oxygen atoms in total. The molecule has 0 radical (unpaired) electrons. The fourth-order valence-corrected chi connectivity index (χ4v) is 2.89. The van der Waals surface area contributed by atoms with Gasteiger partial charge in [-0.2, -0.15) is 0 Å².